The summed E-state index contributed by atoms with van der Waals surface area (Å²) in [4.78, 5) is 20.2. The van der Waals surface area contributed by atoms with E-state index in [-0.39, 0.29) is 12.5 Å². The standard InChI is InChI=1S/C30H37N3O2/c1-6-33(20-25-11-8-7-9-12-25)26-17-15-24(16-18-26)19-31-35-21-29(34)32-30-27(22(2)3)13-10-14-28(30)23(4)5/h7-19,22-23H,6,20-21H2,1-5H3,(H,32,34)/b31-19+. The van der Waals surface area contributed by atoms with E-state index in [1.165, 1.54) is 5.56 Å². The Balaban J connectivity index is 1.55. The minimum absolute atomic E-state index is 0.140. The van der Waals surface area contributed by atoms with Crippen LogP contribution < -0.4 is 10.2 Å². The Morgan fingerprint density at radius 3 is 2.11 bits per heavy atom. The first-order valence-electron chi connectivity index (χ1n) is 12.4. The van der Waals surface area contributed by atoms with Crippen molar-refractivity contribution in [3.8, 4) is 0 Å². The van der Waals surface area contributed by atoms with Crippen LogP contribution in [0.25, 0.3) is 0 Å². The van der Waals surface area contributed by atoms with E-state index >= 15 is 0 Å². The Bertz CT molecular complexity index is 1080. The van der Waals surface area contributed by atoms with Gasteiger partial charge in [-0.15, -0.1) is 0 Å². The number of benzene rings is 3. The van der Waals surface area contributed by atoms with Gasteiger partial charge in [0.2, 0.25) is 0 Å². The number of carbonyl (C=O) groups is 1. The number of rotatable bonds is 11. The van der Waals surface area contributed by atoms with E-state index < -0.39 is 0 Å². The van der Waals surface area contributed by atoms with E-state index in [1.807, 2.05) is 24.3 Å². The molecule has 0 atom stereocenters. The maximum absolute atomic E-state index is 12.6. The number of para-hydroxylation sites is 1. The molecular formula is C30H37N3O2. The topological polar surface area (TPSA) is 53.9 Å². The van der Waals surface area contributed by atoms with Gasteiger partial charge in [0, 0.05) is 24.5 Å². The van der Waals surface area contributed by atoms with Crippen molar-refractivity contribution < 1.29 is 9.63 Å². The van der Waals surface area contributed by atoms with Gasteiger partial charge >= 0.3 is 0 Å². The molecule has 3 rings (SSSR count). The first-order chi connectivity index (χ1) is 16.9. The lowest BCUT2D eigenvalue weighted by molar-refractivity contribution is -0.120. The molecule has 0 fully saturated rings. The molecule has 0 aliphatic heterocycles. The smallest absolute Gasteiger partial charge is 0.265 e. The monoisotopic (exact) mass is 471 g/mol. The second-order valence-corrected chi connectivity index (χ2v) is 9.27. The zero-order chi connectivity index (χ0) is 25.2. The third kappa shape index (κ3) is 7.44. The van der Waals surface area contributed by atoms with E-state index in [9.17, 15) is 4.79 Å². The second-order valence-electron chi connectivity index (χ2n) is 9.27. The van der Waals surface area contributed by atoms with Gasteiger partial charge in [-0.25, -0.2) is 0 Å². The summed E-state index contributed by atoms with van der Waals surface area (Å²) in [5.41, 5.74) is 6.49. The molecule has 0 unspecified atom stereocenters. The van der Waals surface area contributed by atoms with Crippen LogP contribution in [0.2, 0.25) is 0 Å². The summed E-state index contributed by atoms with van der Waals surface area (Å²) in [6.45, 7) is 12.3. The maximum Gasteiger partial charge on any atom is 0.265 e. The molecule has 0 aliphatic rings. The summed E-state index contributed by atoms with van der Waals surface area (Å²) in [6.07, 6.45) is 1.63. The molecule has 0 heterocycles. The van der Waals surface area contributed by atoms with Gasteiger partial charge < -0.3 is 15.1 Å². The van der Waals surface area contributed by atoms with Crippen molar-refractivity contribution in [1.29, 1.82) is 0 Å². The average Bonchev–Trinajstić information content (AvgIpc) is 2.86. The van der Waals surface area contributed by atoms with E-state index in [4.69, 9.17) is 4.84 Å². The average molecular weight is 472 g/mol. The van der Waals surface area contributed by atoms with Crippen LogP contribution in [0.3, 0.4) is 0 Å². The van der Waals surface area contributed by atoms with Crippen LogP contribution in [0.4, 0.5) is 11.4 Å². The highest BCUT2D eigenvalue weighted by atomic mass is 16.6. The minimum Gasteiger partial charge on any atom is -0.386 e. The van der Waals surface area contributed by atoms with Gasteiger partial charge in [-0.2, -0.15) is 0 Å². The lowest BCUT2D eigenvalue weighted by Gasteiger charge is -2.23. The predicted molar refractivity (Wildman–Crippen MR) is 146 cm³/mol. The third-order valence-corrected chi connectivity index (χ3v) is 5.97. The van der Waals surface area contributed by atoms with Crippen LogP contribution in [0.15, 0.2) is 78.0 Å². The van der Waals surface area contributed by atoms with Crippen LogP contribution in [0.1, 0.15) is 68.7 Å². The maximum atomic E-state index is 12.6. The lowest BCUT2D eigenvalue weighted by Crippen LogP contribution is -2.21. The molecule has 0 saturated carbocycles. The number of carbonyl (C=O) groups excluding carboxylic acids is 1. The Kier molecular flexibility index (Phi) is 9.47. The quantitative estimate of drug-likeness (QED) is 0.243. The van der Waals surface area contributed by atoms with Gasteiger partial charge in [0.15, 0.2) is 6.61 Å². The van der Waals surface area contributed by atoms with Crippen LogP contribution >= 0.6 is 0 Å². The number of anilines is 2. The van der Waals surface area contributed by atoms with Gasteiger partial charge in [-0.05, 0) is 53.1 Å². The number of oxime groups is 1. The molecule has 5 nitrogen and oxygen atoms in total. The molecule has 0 bridgehead atoms. The summed E-state index contributed by atoms with van der Waals surface area (Å²) in [6, 6.07) is 24.8. The fraction of sp³-hybridized carbons (Fsp3) is 0.333. The highest BCUT2D eigenvalue weighted by Crippen LogP contribution is 2.32. The van der Waals surface area contributed by atoms with E-state index in [2.05, 4.69) is 98.5 Å². The molecule has 1 N–H and O–H groups in total. The van der Waals surface area contributed by atoms with Gasteiger partial charge in [-0.1, -0.05) is 93.5 Å². The zero-order valence-electron chi connectivity index (χ0n) is 21.5. The van der Waals surface area contributed by atoms with Crippen molar-refractivity contribution in [3.05, 3.63) is 95.1 Å². The Morgan fingerprint density at radius 2 is 1.54 bits per heavy atom. The third-order valence-electron chi connectivity index (χ3n) is 5.97. The summed E-state index contributed by atoms with van der Waals surface area (Å²) >= 11 is 0. The first-order valence-corrected chi connectivity index (χ1v) is 12.4. The number of hydrogen-bond acceptors (Lipinski definition) is 4. The van der Waals surface area contributed by atoms with Gasteiger partial charge in [0.05, 0.1) is 6.21 Å². The van der Waals surface area contributed by atoms with Crippen LogP contribution in [-0.4, -0.2) is 25.3 Å². The molecule has 0 saturated heterocycles. The number of nitrogens with one attached hydrogen (secondary N) is 1. The molecular weight excluding hydrogens is 434 g/mol. The second kappa shape index (κ2) is 12.7. The number of nitrogens with zero attached hydrogens (tertiary/aromatic N) is 2. The van der Waals surface area contributed by atoms with Crippen LogP contribution in [0.5, 0.6) is 0 Å². The predicted octanol–water partition coefficient (Wildman–Crippen LogP) is 6.95. The summed E-state index contributed by atoms with van der Waals surface area (Å²) in [5.74, 6) is 0.400. The number of amides is 1. The van der Waals surface area contributed by atoms with Crippen molar-refractivity contribution >= 4 is 23.5 Å². The normalized spacial score (nSPS) is 11.3. The Labute approximate surface area is 209 Å². The molecule has 0 aliphatic carbocycles. The fourth-order valence-electron chi connectivity index (χ4n) is 4.03. The van der Waals surface area contributed by atoms with E-state index in [1.54, 1.807) is 6.21 Å². The first kappa shape index (κ1) is 26.0. The van der Waals surface area contributed by atoms with Crippen molar-refractivity contribution in [2.24, 2.45) is 5.16 Å². The summed E-state index contributed by atoms with van der Waals surface area (Å²) in [5, 5.41) is 7.04. The fourth-order valence-corrected chi connectivity index (χ4v) is 4.03. The Morgan fingerprint density at radius 1 is 0.914 bits per heavy atom. The molecule has 3 aromatic carbocycles. The number of hydrogen-bond donors (Lipinski definition) is 1. The summed E-state index contributed by atoms with van der Waals surface area (Å²) < 4.78 is 0. The van der Waals surface area contributed by atoms with Gasteiger partial charge in [0.1, 0.15) is 0 Å². The molecule has 35 heavy (non-hydrogen) atoms. The van der Waals surface area contributed by atoms with Crippen LogP contribution in [-0.2, 0) is 16.2 Å². The van der Waals surface area contributed by atoms with Crippen molar-refractivity contribution in [2.75, 3.05) is 23.4 Å². The zero-order valence-corrected chi connectivity index (χ0v) is 21.5. The molecule has 184 valence electrons. The van der Waals surface area contributed by atoms with E-state index in [0.717, 1.165) is 41.2 Å². The van der Waals surface area contributed by atoms with Gasteiger partial charge in [-0.3, -0.25) is 4.79 Å². The molecule has 0 spiro atoms. The van der Waals surface area contributed by atoms with Gasteiger partial charge in [0.25, 0.3) is 5.91 Å². The van der Waals surface area contributed by atoms with Crippen molar-refractivity contribution in [2.45, 2.75) is 53.0 Å². The largest absolute Gasteiger partial charge is 0.386 e. The lowest BCUT2D eigenvalue weighted by atomic mass is 9.92. The molecule has 5 heteroatoms. The van der Waals surface area contributed by atoms with Crippen molar-refractivity contribution in [1.82, 2.24) is 0 Å². The van der Waals surface area contributed by atoms with Crippen LogP contribution in [0, 0.1) is 0 Å². The van der Waals surface area contributed by atoms with Crippen molar-refractivity contribution in [3.63, 3.8) is 0 Å². The molecule has 3 aromatic rings. The highest BCUT2D eigenvalue weighted by Gasteiger charge is 2.16. The molecule has 0 radical (unpaired) electrons. The Hall–Kier alpha value is -3.60. The molecule has 1 amide bonds. The minimum atomic E-state index is -0.216. The summed E-state index contributed by atoms with van der Waals surface area (Å²) in [7, 11) is 0. The van der Waals surface area contributed by atoms with E-state index in [0.29, 0.717) is 11.8 Å². The highest BCUT2D eigenvalue weighted by molar-refractivity contribution is 5.93. The molecule has 0 aromatic heterocycles. The SMILES string of the molecule is CCN(Cc1ccccc1)c1ccc(/C=N/OCC(=O)Nc2c(C(C)C)cccc2C(C)C)cc1.